The fourth-order valence-electron chi connectivity index (χ4n) is 2.61. The van der Waals surface area contributed by atoms with Crippen molar-refractivity contribution in [3.63, 3.8) is 0 Å². The van der Waals surface area contributed by atoms with Crippen LogP contribution in [0.15, 0.2) is 18.2 Å². The summed E-state index contributed by atoms with van der Waals surface area (Å²) in [4.78, 5) is 26.0. The van der Waals surface area contributed by atoms with Crippen molar-refractivity contribution in [1.29, 1.82) is 0 Å². The van der Waals surface area contributed by atoms with Gasteiger partial charge >= 0.3 is 0 Å². The van der Waals surface area contributed by atoms with Gasteiger partial charge in [0.2, 0.25) is 5.91 Å². The number of amides is 1. The largest absolute Gasteiger partial charge is 0.367 e. The molecule has 1 heterocycles. The Morgan fingerprint density at radius 2 is 2.20 bits per heavy atom. The first kappa shape index (κ1) is 14.3. The smallest absolute Gasteiger partial charge is 0.292 e. The highest BCUT2D eigenvalue weighted by molar-refractivity contribution is 5.78. The van der Waals surface area contributed by atoms with E-state index in [1.807, 2.05) is 29.8 Å². The van der Waals surface area contributed by atoms with Crippen molar-refractivity contribution >= 4 is 17.3 Å². The zero-order valence-electron chi connectivity index (χ0n) is 11.8. The van der Waals surface area contributed by atoms with Gasteiger partial charge < -0.3 is 9.80 Å². The molecule has 0 N–H and O–H groups in total. The van der Waals surface area contributed by atoms with Crippen LogP contribution in [-0.4, -0.2) is 42.4 Å². The van der Waals surface area contributed by atoms with Crippen molar-refractivity contribution in [2.24, 2.45) is 0 Å². The van der Waals surface area contributed by atoms with Gasteiger partial charge in [-0.25, -0.2) is 0 Å². The minimum absolute atomic E-state index is 0.111. The van der Waals surface area contributed by atoms with Crippen molar-refractivity contribution < 1.29 is 9.72 Å². The first-order valence-corrected chi connectivity index (χ1v) is 6.73. The Hall–Kier alpha value is -2.11. The number of nitrogens with zero attached hydrogens (tertiary/aromatic N) is 3. The van der Waals surface area contributed by atoms with Gasteiger partial charge in [0.25, 0.3) is 5.69 Å². The van der Waals surface area contributed by atoms with Crippen LogP contribution in [0.3, 0.4) is 0 Å². The van der Waals surface area contributed by atoms with Gasteiger partial charge in [0, 0.05) is 39.2 Å². The Kier molecular flexibility index (Phi) is 4.22. The number of nitro benzene ring substituents is 1. The third kappa shape index (κ3) is 2.89. The summed E-state index contributed by atoms with van der Waals surface area (Å²) in [6, 6.07) is 5.06. The van der Waals surface area contributed by atoms with Crippen LogP contribution in [0.2, 0.25) is 0 Å². The van der Waals surface area contributed by atoms with E-state index in [2.05, 4.69) is 0 Å². The maximum absolute atomic E-state index is 11.6. The van der Waals surface area contributed by atoms with Crippen LogP contribution >= 0.6 is 0 Å². The van der Waals surface area contributed by atoms with E-state index in [4.69, 9.17) is 0 Å². The van der Waals surface area contributed by atoms with Gasteiger partial charge in [0.05, 0.1) is 4.92 Å². The van der Waals surface area contributed by atoms with E-state index in [0.29, 0.717) is 25.2 Å². The third-order valence-corrected chi connectivity index (χ3v) is 3.67. The molecule has 1 aliphatic heterocycles. The summed E-state index contributed by atoms with van der Waals surface area (Å²) in [5.41, 5.74) is 1.61. The molecule has 0 aromatic heterocycles. The van der Waals surface area contributed by atoms with E-state index in [1.165, 1.54) is 6.07 Å². The van der Waals surface area contributed by atoms with Crippen LogP contribution in [0.1, 0.15) is 18.4 Å². The molecule has 0 saturated carbocycles. The molecule has 108 valence electrons. The lowest BCUT2D eigenvalue weighted by Gasteiger charge is -2.24. The van der Waals surface area contributed by atoms with Gasteiger partial charge in [0.1, 0.15) is 5.69 Å². The first-order chi connectivity index (χ1) is 9.50. The number of para-hydroxylation sites is 1. The molecular weight excluding hydrogens is 258 g/mol. The number of rotatable bonds is 5. The third-order valence-electron chi connectivity index (χ3n) is 3.67. The second kappa shape index (κ2) is 5.90. The highest BCUT2D eigenvalue weighted by Crippen LogP contribution is 2.30. The quantitative estimate of drug-likeness (QED) is 0.609. The van der Waals surface area contributed by atoms with Crippen LogP contribution < -0.4 is 4.90 Å². The maximum atomic E-state index is 11.6. The SMILES string of the molecule is Cc1cccc([N+](=O)[O-])c1N(C)CCN1CCCC1=O. The standard InChI is InChI=1S/C14H19N3O3/c1-11-5-3-6-12(17(19)20)14(11)15(2)9-10-16-8-4-7-13(16)18/h3,5-6H,4,7-10H2,1-2H3. The highest BCUT2D eigenvalue weighted by Gasteiger charge is 2.22. The number of aryl methyl sites for hydroxylation is 1. The fourth-order valence-corrected chi connectivity index (χ4v) is 2.61. The number of carbonyl (C=O) groups is 1. The van der Waals surface area contributed by atoms with Crippen molar-refractivity contribution in [3.8, 4) is 0 Å². The molecule has 1 aromatic rings. The van der Waals surface area contributed by atoms with Crippen molar-refractivity contribution in [2.75, 3.05) is 31.6 Å². The molecule has 0 unspecified atom stereocenters. The number of hydrogen-bond acceptors (Lipinski definition) is 4. The number of likely N-dealkylation sites (N-methyl/N-ethyl adjacent to an activating group) is 1. The van der Waals surface area contributed by atoms with Crippen molar-refractivity contribution in [2.45, 2.75) is 19.8 Å². The molecule has 1 amide bonds. The minimum atomic E-state index is -0.361. The molecule has 0 radical (unpaired) electrons. The average Bonchev–Trinajstić information content (AvgIpc) is 2.81. The lowest BCUT2D eigenvalue weighted by atomic mass is 10.1. The molecule has 0 atom stereocenters. The van der Waals surface area contributed by atoms with E-state index in [1.54, 1.807) is 6.07 Å². The van der Waals surface area contributed by atoms with Crippen LogP contribution in [0.25, 0.3) is 0 Å². The summed E-state index contributed by atoms with van der Waals surface area (Å²) in [6.07, 6.45) is 1.53. The zero-order chi connectivity index (χ0) is 14.7. The molecule has 2 rings (SSSR count). The van der Waals surface area contributed by atoms with Gasteiger partial charge in [-0.2, -0.15) is 0 Å². The van der Waals surface area contributed by atoms with Gasteiger partial charge in [-0.1, -0.05) is 12.1 Å². The van der Waals surface area contributed by atoms with Gasteiger partial charge in [-0.3, -0.25) is 14.9 Å². The summed E-state index contributed by atoms with van der Waals surface area (Å²) in [5, 5.41) is 11.1. The normalized spacial score (nSPS) is 14.7. The van der Waals surface area contributed by atoms with Gasteiger partial charge in [0.15, 0.2) is 0 Å². The van der Waals surface area contributed by atoms with Crippen molar-refractivity contribution in [3.05, 3.63) is 33.9 Å². The number of carbonyl (C=O) groups excluding carboxylic acids is 1. The van der Waals surface area contributed by atoms with Crippen LogP contribution in [0, 0.1) is 17.0 Å². The summed E-state index contributed by atoms with van der Waals surface area (Å²) < 4.78 is 0. The topological polar surface area (TPSA) is 66.7 Å². The summed E-state index contributed by atoms with van der Waals surface area (Å²) in [6.45, 7) is 3.86. The van der Waals surface area contributed by atoms with E-state index >= 15 is 0 Å². The summed E-state index contributed by atoms with van der Waals surface area (Å²) in [7, 11) is 1.83. The number of anilines is 1. The Labute approximate surface area is 118 Å². The molecule has 20 heavy (non-hydrogen) atoms. The molecule has 6 nitrogen and oxygen atoms in total. The number of nitro groups is 1. The molecule has 0 spiro atoms. The van der Waals surface area contributed by atoms with Crippen LogP contribution in [0.4, 0.5) is 11.4 Å². The molecule has 6 heteroatoms. The average molecular weight is 277 g/mol. The van der Waals surface area contributed by atoms with Gasteiger partial charge in [-0.05, 0) is 18.9 Å². The fraction of sp³-hybridized carbons (Fsp3) is 0.500. The molecule has 0 bridgehead atoms. The van der Waals surface area contributed by atoms with Gasteiger partial charge in [-0.15, -0.1) is 0 Å². The Morgan fingerprint density at radius 3 is 2.80 bits per heavy atom. The van der Waals surface area contributed by atoms with Crippen molar-refractivity contribution in [1.82, 2.24) is 4.90 Å². The number of benzene rings is 1. The number of hydrogen-bond donors (Lipinski definition) is 0. The monoisotopic (exact) mass is 277 g/mol. The minimum Gasteiger partial charge on any atom is -0.367 e. The summed E-state index contributed by atoms with van der Waals surface area (Å²) in [5.74, 6) is 0.178. The molecule has 1 saturated heterocycles. The van der Waals surface area contributed by atoms with Crippen LogP contribution in [-0.2, 0) is 4.79 Å². The predicted octanol–water partition coefficient (Wildman–Crippen LogP) is 1.96. The molecule has 0 aliphatic carbocycles. The van der Waals surface area contributed by atoms with E-state index in [-0.39, 0.29) is 16.5 Å². The molecular formula is C14H19N3O3. The molecule has 1 aliphatic rings. The zero-order valence-corrected chi connectivity index (χ0v) is 11.8. The lowest BCUT2D eigenvalue weighted by Crippen LogP contribution is -2.34. The van der Waals surface area contributed by atoms with Crippen LogP contribution in [0.5, 0.6) is 0 Å². The van der Waals surface area contributed by atoms with E-state index < -0.39 is 0 Å². The highest BCUT2D eigenvalue weighted by atomic mass is 16.6. The summed E-state index contributed by atoms with van der Waals surface area (Å²) >= 11 is 0. The predicted molar refractivity (Wildman–Crippen MR) is 76.9 cm³/mol. The maximum Gasteiger partial charge on any atom is 0.292 e. The van der Waals surface area contributed by atoms with E-state index in [9.17, 15) is 14.9 Å². The first-order valence-electron chi connectivity index (χ1n) is 6.73. The number of likely N-dealkylation sites (tertiary alicyclic amines) is 1. The Bertz CT molecular complexity index is 530. The second-order valence-electron chi connectivity index (χ2n) is 5.11. The Balaban J connectivity index is 2.10. The Morgan fingerprint density at radius 1 is 1.45 bits per heavy atom. The molecule has 1 aromatic carbocycles. The lowest BCUT2D eigenvalue weighted by molar-refractivity contribution is -0.384. The second-order valence-corrected chi connectivity index (χ2v) is 5.11. The molecule has 1 fully saturated rings. The van der Waals surface area contributed by atoms with E-state index in [0.717, 1.165) is 18.5 Å².